The Balaban J connectivity index is 2.27. The summed E-state index contributed by atoms with van der Waals surface area (Å²) in [6.07, 6.45) is 9.51. The number of hydrogen-bond donors (Lipinski definition) is 3. The lowest BCUT2D eigenvalue weighted by molar-refractivity contribution is -0.159. The quantitative estimate of drug-likeness (QED) is 0.168. The molecule has 0 amide bonds. The van der Waals surface area contributed by atoms with Crippen molar-refractivity contribution in [3.63, 3.8) is 0 Å². The number of rotatable bonds is 17. The zero-order valence-corrected chi connectivity index (χ0v) is 20.1. The first-order chi connectivity index (χ1) is 15.8. The van der Waals surface area contributed by atoms with Gasteiger partial charge in [0, 0.05) is 31.6 Å². The predicted octanol–water partition coefficient (Wildman–Crippen LogP) is 2.86. The van der Waals surface area contributed by atoms with Crippen LogP contribution in [0.1, 0.15) is 84.5 Å². The number of hydrogen-bond acceptors (Lipinski definition) is 8. The van der Waals surface area contributed by atoms with E-state index in [2.05, 4.69) is 6.92 Å². The van der Waals surface area contributed by atoms with Crippen LogP contribution in [0, 0.1) is 11.8 Å². The lowest BCUT2D eigenvalue weighted by atomic mass is 9.88. The van der Waals surface area contributed by atoms with E-state index in [4.69, 9.17) is 14.6 Å². The number of carbonyl (C=O) groups excluding carboxylic acids is 3. The highest BCUT2D eigenvalue weighted by Gasteiger charge is 2.39. The van der Waals surface area contributed by atoms with Crippen molar-refractivity contribution in [1.29, 1.82) is 0 Å². The molecule has 0 unspecified atom stereocenters. The third-order valence-electron chi connectivity index (χ3n) is 6.00. The molecule has 1 fully saturated rings. The van der Waals surface area contributed by atoms with Crippen LogP contribution >= 0.6 is 0 Å². The molecule has 0 radical (unpaired) electrons. The number of carbonyl (C=O) groups is 3. The Morgan fingerprint density at radius 2 is 1.88 bits per heavy atom. The second-order valence-corrected chi connectivity index (χ2v) is 8.92. The number of ether oxygens (including phenoxy) is 2. The Kier molecular flexibility index (Phi) is 14.9. The molecule has 0 saturated heterocycles. The zero-order chi connectivity index (χ0) is 24.6. The van der Waals surface area contributed by atoms with E-state index in [1.807, 2.05) is 6.08 Å². The highest BCUT2D eigenvalue weighted by molar-refractivity contribution is 5.84. The smallest absolute Gasteiger partial charge is 0.305 e. The number of aliphatic hydroxyl groups is 3. The van der Waals surface area contributed by atoms with Crippen LogP contribution in [-0.4, -0.2) is 64.6 Å². The molecule has 8 nitrogen and oxygen atoms in total. The van der Waals surface area contributed by atoms with Gasteiger partial charge in [-0.05, 0) is 19.3 Å². The number of esters is 2. The van der Waals surface area contributed by atoms with E-state index < -0.39 is 36.9 Å². The maximum atomic E-state index is 12.3. The van der Waals surface area contributed by atoms with Gasteiger partial charge in [-0.3, -0.25) is 14.4 Å². The number of aliphatic hydroxyl groups excluding tert-OH is 3. The van der Waals surface area contributed by atoms with Gasteiger partial charge in [0.2, 0.25) is 0 Å². The Hall–Kier alpha value is -1.77. The van der Waals surface area contributed by atoms with Crippen molar-refractivity contribution in [2.24, 2.45) is 11.8 Å². The molecule has 0 aliphatic heterocycles. The summed E-state index contributed by atoms with van der Waals surface area (Å²) in [5.74, 6) is -1.34. The zero-order valence-electron chi connectivity index (χ0n) is 20.1. The van der Waals surface area contributed by atoms with Gasteiger partial charge in [0.25, 0.3) is 0 Å². The molecule has 1 saturated carbocycles. The van der Waals surface area contributed by atoms with Gasteiger partial charge in [0.15, 0.2) is 6.10 Å². The van der Waals surface area contributed by atoms with E-state index in [0.29, 0.717) is 19.3 Å². The minimum absolute atomic E-state index is 0.0763. The Morgan fingerprint density at radius 3 is 2.55 bits per heavy atom. The molecule has 0 aromatic heterocycles. The fourth-order valence-corrected chi connectivity index (χ4v) is 4.15. The molecule has 0 aromatic carbocycles. The molecule has 1 aliphatic carbocycles. The minimum atomic E-state index is -0.842. The molecule has 1 rings (SSSR count). The SMILES string of the molecule is CCCCC[C@H](O)/C=C/[C@H]1[C@H](O)CC(=O)[C@@H]1CCCCCCC(=O)OC[C@H](CO)OC(C)=O. The van der Waals surface area contributed by atoms with E-state index in [-0.39, 0.29) is 37.1 Å². The highest BCUT2D eigenvalue weighted by atomic mass is 16.6. The van der Waals surface area contributed by atoms with Gasteiger partial charge in [0.05, 0.1) is 18.8 Å². The van der Waals surface area contributed by atoms with Gasteiger partial charge in [-0.2, -0.15) is 0 Å². The van der Waals surface area contributed by atoms with Crippen LogP contribution in [0.5, 0.6) is 0 Å². The number of unbranched alkanes of at least 4 members (excludes halogenated alkanes) is 5. The van der Waals surface area contributed by atoms with Crippen molar-refractivity contribution < 1.29 is 39.2 Å². The van der Waals surface area contributed by atoms with Crippen molar-refractivity contribution in [1.82, 2.24) is 0 Å². The summed E-state index contributed by atoms with van der Waals surface area (Å²) in [7, 11) is 0. The third kappa shape index (κ3) is 12.3. The van der Waals surface area contributed by atoms with Crippen LogP contribution in [0.2, 0.25) is 0 Å². The molecule has 8 heteroatoms. The maximum absolute atomic E-state index is 12.3. The first-order valence-corrected chi connectivity index (χ1v) is 12.3. The van der Waals surface area contributed by atoms with Crippen molar-refractivity contribution in [2.45, 2.75) is 103 Å². The van der Waals surface area contributed by atoms with E-state index in [0.717, 1.165) is 38.5 Å². The maximum Gasteiger partial charge on any atom is 0.305 e. The molecular formula is C25H42O8. The highest BCUT2D eigenvalue weighted by Crippen LogP contribution is 2.34. The summed E-state index contributed by atoms with van der Waals surface area (Å²) in [4.78, 5) is 35.0. The molecule has 3 N–H and O–H groups in total. The van der Waals surface area contributed by atoms with Gasteiger partial charge in [-0.1, -0.05) is 57.6 Å². The van der Waals surface area contributed by atoms with Crippen LogP contribution < -0.4 is 0 Å². The van der Waals surface area contributed by atoms with Gasteiger partial charge in [-0.15, -0.1) is 0 Å². The van der Waals surface area contributed by atoms with Crippen molar-refractivity contribution in [3.8, 4) is 0 Å². The molecule has 0 bridgehead atoms. The average Bonchev–Trinajstić information content (AvgIpc) is 3.04. The van der Waals surface area contributed by atoms with E-state index in [9.17, 15) is 24.6 Å². The summed E-state index contributed by atoms with van der Waals surface area (Å²) in [6.45, 7) is 2.76. The van der Waals surface area contributed by atoms with Crippen LogP contribution in [0.25, 0.3) is 0 Å². The average molecular weight is 471 g/mol. The lowest BCUT2D eigenvalue weighted by Gasteiger charge is -2.18. The first kappa shape index (κ1) is 29.3. The Labute approximate surface area is 197 Å². The molecule has 33 heavy (non-hydrogen) atoms. The Bertz CT molecular complexity index is 618. The van der Waals surface area contributed by atoms with Gasteiger partial charge in [0.1, 0.15) is 12.4 Å². The van der Waals surface area contributed by atoms with E-state index in [1.54, 1.807) is 6.08 Å². The normalized spacial score (nSPS) is 22.5. The van der Waals surface area contributed by atoms with Crippen molar-refractivity contribution in [2.75, 3.05) is 13.2 Å². The second-order valence-electron chi connectivity index (χ2n) is 8.92. The molecule has 190 valence electrons. The summed E-state index contributed by atoms with van der Waals surface area (Å²) < 4.78 is 9.83. The summed E-state index contributed by atoms with van der Waals surface area (Å²) >= 11 is 0. The summed E-state index contributed by atoms with van der Waals surface area (Å²) in [5, 5.41) is 29.4. The molecule has 0 aromatic rings. The van der Waals surface area contributed by atoms with Crippen LogP contribution in [0.15, 0.2) is 12.2 Å². The largest absolute Gasteiger partial charge is 0.462 e. The van der Waals surface area contributed by atoms with Gasteiger partial charge in [-0.25, -0.2) is 0 Å². The number of Topliss-reactive ketones (excluding diaryl/α,β-unsaturated/α-hetero) is 1. The topological polar surface area (TPSA) is 130 Å². The molecular weight excluding hydrogens is 428 g/mol. The summed E-state index contributed by atoms with van der Waals surface area (Å²) in [5.41, 5.74) is 0. The standard InChI is InChI=1S/C25H42O8/c1-3-4-7-10-19(28)13-14-22-21(23(29)15-24(22)30)11-8-5-6-9-12-25(31)32-17-20(16-26)33-18(2)27/h13-14,19-22,24,26,28,30H,3-12,15-17H2,1-2H3/b14-13+/t19-,20-,21+,22+,24+/m0/s1. The van der Waals surface area contributed by atoms with Gasteiger partial charge < -0.3 is 24.8 Å². The minimum Gasteiger partial charge on any atom is -0.462 e. The van der Waals surface area contributed by atoms with Crippen LogP contribution in [0.4, 0.5) is 0 Å². The molecule has 1 aliphatic rings. The molecule has 0 heterocycles. The van der Waals surface area contributed by atoms with Crippen LogP contribution in [0.3, 0.4) is 0 Å². The van der Waals surface area contributed by atoms with Crippen molar-refractivity contribution >= 4 is 17.7 Å². The Morgan fingerprint density at radius 1 is 1.15 bits per heavy atom. The van der Waals surface area contributed by atoms with E-state index in [1.165, 1.54) is 6.92 Å². The van der Waals surface area contributed by atoms with Crippen LogP contribution in [-0.2, 0) is 23.9 Å². The lowest BCUT2D eigenvalue weighted by Crippen LogP contribution is -2.27. The first-order valence-electron chi connectivity index (χ1n) is 12.3. The predicted molar refractivity (Wildman–Crippen MR) is 123 cm³/mol. The summed E-state index contributed by atoms with van der Waals surface area (Å²) in [6, 6.07) is 0. The number of ketones is 1. The second kappa shape index (κ2) is 16.8. The monoisotopic (exact) mass is 470 g/mol. The van der Waals surface area contributed by atoms with Gasteiger partial charge >= 0.3 is 11.9 Å². The van der Waals surface area contributed by atoms with E-state index >= 15 is 0 Å². The third-order valence-corrected chi connectivity index (χ3v) is 6.00. The van der Waals surface area contributed by atoms with Crippen molar-refractivity contribution in [3.05, 3.63) is 12.2 Å². The fourth-order valence-electron chi connectivity index (χ4n) is 4.15. The molecule has 0 spiro atoms. The fraction of sp³-hybridized carbons (Fsp3) is 0.800. The molecule has 5 atom stereocenters.